The third-order valence-corrected chi connectivity index (χ3v) is 1.67. The average Bonchev–Trinajstić information content (AvgIpc) is 2.27. The van der Waals surface area contributed by atoms with E-state index >= 15 is 0 Å². The summed E-state index contributed by atoms with van der Waals surface area (Å²) in [6.07, 6.45) is -8.80. The van der Waals surface area contributed by atoms with Gasteiger partial charge in [-0.15, -0.1) is 0 Å². The molecule has 0 unspecified atom stereocenters. The zero-order chi connectivity index (χ0) is 14.0. The van der Waals surface area contributed by atoms with Gasteiger partial charge in [0.1, 0.15) is 0 Å². The first kappa shape index (κ1) is 14.3. The Kier molecular flexibility index (Phi) is 3.82. The van der Waals surface area contributed by atoms with Crippen LogP contribution in [-0.4, -0.2) is 29.7 Å². The number of carbonyl (C=O) groups is 1. The molecule has 0 aliphatic heterocycles. The predicted octanol–water partition coefficient (Wildman–Crippen LogP) is 2.77. The smallest absolute Gasteiger partial charge is 0.413 e. The SMILES string of the molecule is O=C(c1ccc(OC(F)(F)CF)nc1)C(F)(F)F. The van der Waals surface area contributed by atoms with Crippen LogP contribution in [0.1, 0.15) is 10.4 Å². The normalized spacial score (nSPS) is 12.3. The summed E-state index contributed by atoms with van der Waals surface area (Å²) in [4.78, 5) is 13.8. The van der Waals surface area contributed by atoms with Crippen molar-refractivity contribution >= 4 is 5.78 Å². The number of halogens is 6. The molecule has 0 N–H and O–H groups in total. The number of Topliss-reactive ketones (excluding diaryl/α,β-unsaturated/α-hetero) is 1. The second-order valence-corrected chi connectivity index (χ2v) is 3.09. The van der Waals surface area contributed by atoms with Gasteiger partial charge in [0.25, 0.3) is 5.78 Å². The van der Waals surface area contributed by atoms with Crippen molar-refractivity contribution < 1.29 is 35.9 Å². The van der Waals surface area contributed by atoms with Gasteiger partial charge >= 0.3 is 12.3 Å². The highest BCUT2D eigenvalue weighted by Gasteiger charge is 2.39. The molecular formula is C9H5F6NO2. The number of ether oxygens (including phenoxy) is 1. The van der Waals surface area contributed by atoms with Gasteiger partial charge in [-0.1, -0.05) is 0 Å². The van der Waals surface area contributed by atoms with Gasteiger partial charge in [-0.3, -0.25) is 4.79 Å². The summed E-state index contributed by atoms with van der Waals surface area (Å²) in [5.74, 6) is -2.96. The minimum absolute atomic E-state index is 0.416. The van der Waals surface area contributed by atoms with Crippen LogP contribution in [0.15, 0.2) is 18.3 Å². The lowest BCUT2D eigenvalue weighted by Crippen LogP contribution is -2.27. The van der Waals surface area contributed by atoms with E-state index in [0.717, 1.165) is 0 Å². The number of ketones is 1. The highest BCUT2D eigenvalue weighted by atomic mass is 19.4. The van der Waals surface area contributed by atoms with Crippen molar-refractivity contribution in [2.45, 2.75) is 12.3 Å². The molecule has 0 aliphatic rings. The third-order valence-electron chi connectivity index (χ3n) is 1.67. The van der Waals surface area contributed by atoms with Gasteiger partial charge in [-0.05, 0) is 6.07 Å². The molecule has 1 aromatic rings. The summed E-state index contributed by atoms with van der Waals surface area (Å²) in [6, 6.07) is 1.22. The Bertz CT molecular complexity index is 428. The molecule has 18 heavy (non-hydrogen) atoms. The fourth-order valence-electron chi connectivity index (χ4n) is 0.919. The molecule has 0 saturated carbocycles. The number of aromatic nitrogens is 1. The summed E-state index contributed by atoms with van der Waals surface area (Å²) in [7, 11) is 0. The van der Waals surface area contributed by atoms with E-state index in [1.807, 2.05) is 0 Å². The fraction of sp³-hybridized carbons (Fsp3) is 0.333. The molecule has 9 heteroatoms. The van der Waals surface area contributed by atoms with E-state index in [1.165, 1.54) is 0 Å². The van der Waals surface area contributed by atoms with Crippen LogP contribution in [0, 0.1) is 0 Å². The molecule has 0 aromatic carbocycles. The number of alkyl halides is 6. The largest absolute Gasteiger partial charge is 0.454 e. The third kappa shape index (κ3) is 3.60. The topological polar surface area (TPSA) is 39.2 Å². The molecule has 0 amide bonds. The highest BCUT2D eigenvalue weighted by molar-refractivity contribution is 5.99. The second-order valence-electron chi connectivity index (χ2n) is 3.09. The highest BCUT2D eigenvalue weighted by Crippen LogP contribution is 2.23. The number of rotatable bonds is 4. The minimum Gasteiger partial charge on any atom is -0.413 e. The summed E-state index contributed by atoms with van der Waals surface area (Å²) in [5.41, 5.74) is -0.835. The molecular weight excluding hydrogens is 268 g/mol. The van der Waals surface area contributed by atoms with Gasteiger partial charge in [0.05, 0.1) is 0 Å². The van der Waals surface area contributed by atoms with Crippen LogP contribution in [0.25, 0.3) is 0 Å². The van der Waals surface area contributed by atoms with Crippen molar-refractivity contribution in [1.82, 2.24) is 4.98 Å². The molecule has 0 bridgehead atoms. The zero-order valence-electron chi connectivity index (χ0n) is 8.47. The van der Waals surface area contributed by atoms with Crippen LogP contribution >= 0.6 is 0 Å². The quantitative estimate of drug-likeness (QED) is 0.625. The number of hydrogen-bond acceptors (Lipinski definition) is 3. The summed E-state index contributed by atoms with van der Waals surface area (Å²) in [6.45, 7) is -2.11. The second kappa shape index (κ2) is 4.83. The number of carbonyl (C=O) groups excluding carboxylic acids is 1. The molecule has 100 valence electrons. The lowest BCUT2D eigenvalue weighted by atomic mass is 10.2. The monoisotopic (exact) mass is 273 g/mol. The maximum absolute atomic E-state index is 12.4. The average molecular weight is 273 g/mol. The number of hydrogen-bond donors (Lipinski definition) is 0. The van der Waals surface area contributed by atoms with Crippen molar-refractivity contribution in [1.29, 1.82) is 0 Å². The van der Waals surface area contributed by atoms with Crippen molar-refractivity contribution in [3.8, 4) is 5.88 Å². The molecule has 3 nitrogen and oxygen atoms in total. The van der Waals surface area contributed by atoms with Gasteiger partial charge in [0, 0.05) is 17.8 Å². The molecule has 1 heterocycles. The molecule has 0 atom stereocenters. The van der Waals surface area contributed by atoms with Crippen molar-refractivity contribution in [2.24, 2.45) is 0 Å². The van der Waals surface area contributed by atoms with Crippen molar-refractivity contribution in [3.05, 3.63) is 23.9 Å². The van der Waals surface area contributed by atoms with Gasteiger partial charge in [0.2, 0.25) is 5.88 Å². The lowest BCUT2D eigenvalue weighted by molar-refractivity contribution is -0.188. The Labute approximate surface area is 96.4 Å². The van der Waals surface area contributed by atoms with E-state index in [1.54, 1.807) is 0 Å². The summed E-state index contributed by atoms with van der Waals surface area (Å²) < 4.78 is 76.2. The van der Waals surface area contributed by atoms with Gasteiger partial charge < -0.3 is 4.74 Å². The first-order valence-corrected chi connectivity index (χ1v) is 4.36. The van der Waals surface area contributed by atoms with Crippen molar-refractivity contribution in [3.63, 3.8) is 0 Å². The first-order chi connectivity index (χ1) is 8.15. The molecule has 0 saturated heterocycles. The molecule has 0 radical (unpaired) electrons. The minimum atomic E-state index is -5.09. The Morgan fingerprint density at radius 1 is 1.22 bits per heavy atom. The van der Waals surface area contributed by atoms with Crippen LogP contribution in [0.3, 0.4) is 0 Å². The summed E-state index contributed by atoms with van der Waals surface area (Å²) in [5, 5.41) is 0. The Morgan fingerprint density at radius 2 is 1.83 bits per heavy atom. The molecule has 1 aromatic heterocycles. The first-order valence-electron chi connectivity index (χ1n) is 4.36. The van der Waals surface area contributed by atoms with Crippen LogP contribution in [0.4, 0.5) is 26.3 Å². The van der Waals surface area contributed by atoms with E-state index < -0.39 is 36.2 Å². The van der Waals surface area contributed by atoms with E-state index in [0.29, 0.717) is 18.3 Å². The Morgan fingerprint density at radius 3 is 2.22 bits per heavy atom. The predicted molar refractivity (Wildman–Crippen MR) is 46.2 cm³/mol. The maximum Gasteiger partial charge on any atom is 0.454 e. The Hall–Kier alpha value is -1.80. The van der Waals surface area contributed by atoms with Gasteiger partial charge in [-0.25, -0.2) is 9.37 Å². The van der Waals surface area contributed by atoms with Crippen molar-refractivity contribution in [2.75, 3.05) is 6.67 Å². The van der Waals surface area contributed by atoms with Gasteiger partial charge in [0.15, 0.2) is 6.67 Å². The van der Waals surface area contributed by atoms with E-state index in [2.05, 4.69) is 9.72 Å². The van der Waals surface area contributed by atoms with Crippen LogP contribution in [-0.2, 0) is 0 Å². The standard InChI is InChI=1S/C9H5F6NO2/c10-4-8(11,12)18-6-2-1-5(3-16-6)7(17)9(13,14)15/h1-3H,4H2. The molecule has 0 spiro atoms. The van der Waals surface area contributed by atoms with Crippen LogP contribution in [0.5, 0.6) is 5.88 Å². The molecule has 1 rings (SSSR count). The lowest BCUT2D eigenvalue weighted by Gasteiger charge is -2.13. The number of pyridine rings is 1. The fourth-order valence-corrected chi connectivity index (χ4v) is 0.919. The van der Waals surface area contributed by atoms with E-state index in [9.17, 15) is 31.1 Å². The Balaban J connectivity index is 2.84. The van der Waals surface area contributed by atoms with E-state index in [4.69, 9.17) is 0 Å². The maximum atomic E-state index is 12.4. The zero-order valence-corrected chi connectivity index (χ0v) is 8.47. The molecule has 0 fully saturated rings. The van der Waals surface area contributed by atoms with Crippen LogP contribution < -0.4 is 4.74 Å². The number of nitrogens with zero attached hydrogens (tertiary/aromatic N) is 1. The van der Waals surface area contributed by atoms with E-state index in [-0.39, 0.29) is 0 Å². The summed E-state index contributed by atoms with van der Waals surface area (Å²) >= 11 is 0. The van der Waals surface area contributed by atoms with Crippen LogP contribution in [0.2, 0.25) is 0 Å². The van der Waals surface area contributed by atoms with Gasteiger partial charge in [-0.2, -0.15) is 22.0 Å². The molecule has 0 aliphatic carbocycles.